The number of hydrogen-bond acceptors (Lipinski definition) is 8. The highest BCUT2D eigenvalue weighted by Gasteiger charge is 2.41. The van der Waals surface area contributed by atoms with E-state index in [9.17, 15) is 18.7 Å². The summed E-state index contributed by atoms with van der Waals surface area (Å²) in [5.74, 6) is -1.77. The number of carbonyl (C=O) groups excluding carboxylic acids is 1. The summed E-state index contributed by atoms with van der Waals surface area (Å²) in [6.07, 6.45) is 1.27. The van der Waals surface area contributed by atoms with Crippen molar-refractivity contribution in [1.29, 1.82) is 0 Å². The summed E-state index contributed by atoms with van der Waals surface area (Å²) in [5, 5.41) is 18.1. The maximum Gasteiger partial charge on any atom is 0.291 e. The number of thiophene rings is 1. The Kier molecular flexibility index (Phi) is 5.20. The number of halogens is 2. The van der Waals surface area contributed by atoms with Gasteiger partial charge in [0.05, 0.1) is 30.1 Å². The van der Waals surface area contributed by atoms with Crippen molar-refractivity contribution < 1.29 is 28.2 Å². The second kappa shape index (κ2) is 8.18. The first kappa shape index (κ1) is 22.3. The highest BCUT2D eigenvalue weighted by atomic mass is 32.1. The minimum atomic E-state index is -0.862. The number of nitrogens with zero attached hydrogens (tertiary/aromatic N) is 4. The van der Waals surface area contributed by atoms with Gasteiger partial charge < -0.3 is 19.9 Å². The summed E-state index contributed by atoms with van der Waals surface area (Å²) in [5.41, 5.74) is 0.0430. The third-order valence-electron chi connectivity index (χ3n) is 6.22. The van der Waals surface area contributed by atoms with Crippen LogP contribution in [0, 0.1) is 11.6 Å². The highest BCUT2D eigenvalue weighted by Crippen LogP contribution is 2.44. The molecular formula is C23H21F2N5O4S. The van der Waals surface area contributed by atoms with Crippen LogP contribution in [0.3, 0.4) is 0 Å². The van der Waals surface area contributed by atoms with Crippen molar-refractivity contribution in [1.82, 2.24) is 20.1 Å². The van der Waals surface area contributed by atoms with Crippen molar-refractivity contribution in [2.45, 2.75) is 38.0 Å². The molecule has 6 rings (SSSR count). The molecular weight excluding hydrogens is 480 g/mol. The van der Waals surface area contributed by atoms with Gasteiger partial charge >= 0.3 is 0 Å². The monoisotopic (exact) mass is 501 g/mol. The van der Waals surface area contributed by atoms with Gasteiger partial charge in [-0.2, -0.15) is 0 Å². The number of ether oxygens (including phenoxy) is 2. The van der Waals surface area contributed by atoms with Crippen LogP contribution in [0.25, 0.3) is 5.00 Å². The SMILES string of the molecule is C[C@@H]1N=C(c2c(F)cccc2F)c2c(sc3c2COCCO3)-n2nc(C(=O)NCC3(O)CC3)nc21. The summed E-state index contributed by atoms with van der Waals surface area (Å²) >= 11 is 1.23. The predicted octanol–water partition coefficient (Wildman–Crippen LogP) is 2.68. The fourth-order valence-electron chi connectivity index (χ4n) is 4.15. The zero-order valence-electron chi connectivity index (χ0n) is 18.7. The maximum absolute atomic E-state index is 14.9. The largest absolute Gasteiger partial charge is 0.481 e. The summed E-state index contributed by atoms with van der Waals surface area (Å²) in [6.45, 7) is 2.70. The molecule has 2 aromatic heterocycles. The summed E-state index contributed by atoms with van der Waals surface area (Å²) < 4.78 is 42.9. The highest BCUT2D eigenvalue weighted by molar-refractivity contribution is 7.17. The molecule has 182 valence electrons. The lowest BCUT2D eigenvalue weighted by molar-refractivity contribution is 0.0886. The number of aliphatic hydroxyl groups is 1. The molecule has 0 unspecified atom stereocenters. The Bertz CT molecular complexity index is 1360. The first-order valence-electron chi connectivity index (χ1n) is 11.2. The molecule has 2 N–H and O–H groups in total. The van der Waals surface area contributed by atoms with Gasteiger partial charge in [0.1, 0.15) is 29.3 Å². The van der Waals surface area contributed by atoms with Crippen molar-refractivity contribution in [3.8, 4) is 10.1 Å². The van der Waals surface area contributed by atoms with Crippen LogP contribution in [-0.2, 0) is 11.3 Å². The smallest absolute Gasteiger partial charge is 0.291 e. The standard InChI is InChI=1S/C23H21F2N5O4S/c1-11-19-28-18(20(31)26-10-23(32)5-6-23)29-30(19)21-15(12-9-33-7-8-34-22(12)35-21)17(27-11)16-13(24)3-2-4-14(16)25/h2-4,11,32H,5-10H2,1H3,(H,26,31)/t11-/m0/s1. The lowest BCUT2D eigenvalue weighted by Crippen LogP contribution is -2.33. The number of carbonyl (C=O) groups is 1. The number of benzene rings is 1. The first-order chi connectivity index (χ1) is 16.8. The topological polar surface area (TPSA) is 111 Å². The average molecular weight is 502 g/mol. The normalized spacial score (nSPS) is 19.9. The van der Waals surface area contributed by atoms with Crippen molar-refractivity contribution in [3.63, 3.8) is 0 Å². The Labute approximate surface area is 202 Å². The van der Waals surface area contributed by atoms with Gasteiger partial charge in [-0.05, 0) is 31.9 Å². The van der Waals surface area contributed by atoms with Crippen LogP contribution in [0.4, 0.5) is 8.78 Å². The van der Waals surface area contributed by atoms with Crippen molar-refractivity contribution in [3.05, 3.63) is 58.2 Å². The van der Waals surface area contributed by atoms with Crippen LogP contribution < -0.4 is 10.1 Å². The molecule has 4 heterocycles. The van der Waals surface area contributed by atoms with E-state index in [2.05, 4.69) is 20.4 Å². The van der Waals surface area contributed by atoms with Crippen LogP contribution in [-0.4, -0.2) is 56.8 Å². The number of aromatic nitrogens is 3. The van der Waals surface area contributed by atoms with E-state index in [-0.39, 0.29) is 30.3 Å². The quantitative estimate of drug-likeness (QED) is 0.569. The van der Waals surface area contributed by atoms with Crippen LogP contribution in [0.15, 0.2) is 23.2 Å². The molecule has 0 saturated heterocycles. The summed E-state index contributed by atoms with van der Waals surface area (Å²) in [7, 11) is 0. The fraction of sp³-hybridized carbons (Fsp3) is 0.391. The molecule has 9 nitrogen and oxygen atoms in total. The van der Waals surface area contributed by atoms with Gasteiger partial charge in [0.15, 0.2) is 10.9 Å². The lowest BCUT2D eigenvalue weighted by Gasteiger charge is -2.12. The van der Waals surface area contributed by atoms with E-state index in [1.165, 1.54) is 34.2 Å². The molecule has 1 amide bonds. The van der Waals surface area contributed by atoms with E-state index >= 15 is 0 Å². The predicted molar refractivity (Wildman–Crippen MR) is 121 cm³/mol. The van der Waals surface area contributed by atoms with Gasteiger partial charge in [-0.3, -0.25) is 9.79 Å². The first-order valence-corrected chi connectivity index (χ1v) is 12.0. The van der Waals surface area contributed by atoms with Gasteiger partial charge in [-0.25, -0.2) is 18.4 Å². The Hall–Kier alpha value is -3.22. The van der Waals surface area contributed by atoms with Crippen molar-refractivity contribution in [2.24, 2.45) is 4.99 Å². The number of nitrogens with one attached hydrogen (secondary N) is 1. The third kappa shape index (κ3) is 3.81. The third-order valence-corrected chi connectivity index (χ3v) is 7.34. The molecule has 3 aromatic rings. The average Bonchev–Trinajstić information content (AvgIpc) is 3.36. The molecule has 0 spiro atoms. The van der Waals surface area contributed by atoms with E-state index in [0.29, 0.717) is 53.1 Å². The number of rotatable bonds is 4. The van der Waals surface area contributed by atoms with Gasteiger partial charge in [0.2, 0.25) is 5.82 Å². The minimum absolute atomic E-state index is 0.0847. The van der Waals surface area contributed by atoms with E-state index in [4.69, 9.17) is 9.47 Å². The van der Waals surface area contributed by atoms with Crippen molar-refractivity contribution >= 4 is 23.0 Å². The summed E-state index contributed by atoms with van der Waals surface area (Å²) in [6, 6.07) is 2.99. The van der Waals surface area contributed by atoms with Crippen LogP contribution in [0.2, 0.25) is 0 Å². The molecule has 1 atom stereocenters. The molecule has 1 aromatic carbocycles. The maximum atomic E-state index is 14.9. The number of fused-ring (bicyclic) bond motifs is 5. The van der Waals surface area contributed by atoms with Crippen molar-refractivity contribution in [2.75, 3.05) is 19.8 Å². The summed E-state index contributed by atoms with van der Waals surface area (Å²) in [4.78, 5) is 21.8. The molecule has 1 fully saturated rings. The number of aliphatic imine (C=N–C) groups is 1. The molecule has 0 bridgehead atoms. The second-order valence-electron chi connectivity index (χ2n) is 8.81. The van der Waals surface area contributed by atoms with Crippen LogP contribution in [0.1, 0.15) is 58.9 Å². The van der Waals surface area contributed by atoms with E-state index in [0.717, 1.165) is 0 Å². The number of hydrogen-bond donors (Lipinski definition) is 2. The van der Waals surface area contributed by atoms with E-state index in [1.807, 2.05) is 0 Å². The lowest BCUT2D eigenvalue weighted by atomic mass is 9.99. The molecule has 12 heteroatoms. The van der Waals surface area contributed by atoms with Gasteiger partial charge in [-0.1, -0.05) is 17.4 Å². The molecule has 1 saturated carbocycles. The van der Waals surface area contributed by atoms with E-state index < -0.39 is 29.2 Å². The van der Waals surface area contributed by atoms with E-state index in [1.54, 1.807) is 6.92 Å². The molecule has 0 radical (unpaired) electrons. The Morgan fingerprint density at radius 2 is 2.06 bits per heavy atom. The van der Waals surface area contributed by atoms with Gasteiger partial charge in [0, 0.05) is 17.7 Å². The van der Waals surface area contributed by atoms with Gasteiger partial charge in [-0.15, -0.1) is 5.10 Å². The Morgan fingerprint density at radius 3 is 2.80 bits per heavy atom. The molecule has 1 aliphatic carbocycles. The zero-order valence-corrected chi connectivity index (χ0v) is 19.5. The minimum Gasteiger partial charge on any atom is -0.481 e. The molecule has 3 aliphatic rings. The second-order valence-corrected chi connectivity index (χ2v) is 9.77. The zero-order chi connectivity index (χ0) is 24.3. The Balaban J connectivity index is 1.50. The number of amides is 1. The Morgan fingerprint density at radius 1 is 1.29 bits per heavy atom. The van der Waals surface area contributed by atoms with Gasteiger partial charge in [0.25, 0.3) is 5.91 Å². The molecule has 35 heavy (non-hydrogen) atoms. The van der Waals surface area contributed by atoms with Crippen LogP contribution in [0.5, 0.6) is 5.06 Å². The van der Waals surface area contributed by atoms with Crippen LogP contribution >= 0.6 is 11.3 Å². The molecule has 2 aliphatic heterocycles. The fourth-order valence-corrected chi connectivity index (χ4v) is 5.30.